The van der Waals surface area contributed by atoms with Gasteiger partial charge in [-0.3, -0.25) is 0 Å². The van der Waals surface area contributed by atoms with Crippen LogP contribution in [0.15, 0.2) is 0 Å². The molecule has 0 unspecified atom stereocenters. The number of carbonyl (C=O) groups excluding carboxylic acids is 1. The average molecular weight is 302 g/mol. The molecule has 1 heterocycles. The third-order valence-electron chi connectivity index (χ3n) is 3.86. The van der Waals surface area contributed by atoms with Crippen molar-refractivity contribution in [2.45, 2.75) is 45.8 Å². The molecule has 4 nitrogen and oxygen atoms in total. The Bertz CT molecular complexity index is 308. The lowest BCUT2D eigenvalue weighted by molar-refractivity contribution is 0.147. The van der Waals surface area contributed by atoms with Gasteiger partial charge in [-0.25, -0.2) is 4.79 Å². The molecule has 0 saturated carbocycles. The highest BCUT2D eigenvalue weighted by atomic mass is 32.2. The van der Waals surface area contributed by atoms with Crippen LogP contribution in [0.25, 0.3) is 0 Å². The highest BCUT2D eigenvalue weighted by molar-refractivity contribution is 8.00. The molecule has 5 heteroatoms. The van der Waals surface area contributed by atoms with Gasteiger partial charge in [0.2, 0.25) is 0 Å². The number of amides is 2. The molecule has 1 aliphatic rings. The fraction of sp³-hybridized carbons (Fsp3) is 0.933. The normalized spacial score (nSPS) is 20.3. The summed E-state index contributed by atoms with van der Waals surface area (Å²) in [5, 5.41) is 12.8. The summed E-state index contributed by atoms with van der Waals surface area (Å²) < 4.78 is 0. The van der Waals surface area contributed by atoms with E-state index in [2.05, 4.69) is 19.2 Å². The van der Waals surface area contributed by atoms with Crippen molar-refractivity contribution in [3.05, 3.63) is 0 Å². The molecular weight excluding hydrogens is 272 g/mol. The summed E-state index contributed by atoms with van der Waals surface area (Å²) in [5.74, 6) is 1.65. The van der Waals surface area contributed by atoms with E-state index < -0.39 is 0 Å². The van der Waals surface area contributed by atoms with Crippen LogP contribution in [-0.2, 0) is 0 Å². The van der Waals surface area contributed by atoms with E-state index in [0.717, 1.165) is 31.7 Å². The van der Waals surface area contributed by atoms with Gasteiger partial charge in [-0.1, -0.05) is 27.7 Å². The minimum Gasteiger partial charge on any atom is -0.396 e. The number of aliphatic hydroxyl groups is 1. The van der Waals surface area contributed by atoms with Crippen LogP contribution >= 0.6 is 11.8 Å². The molecule has 118 valence electrons. The fourth-order valence-corrected chi connectivity index (χ4v) is 3.52. The van der Waals surface area contributed by atoms with Gasteiger partial charge < -0.3 is 15.3 Å². The number of nitrogens with zero attached hydrogens (tertiary/aromatic N) is 1. The highest BCUT2D eigenvalue weighted by Crippen LogP contribution is 2.25. The van der Waals surface area contributed by atoms with Crippen LogP contribution < -0.4 is 5.32 Å². The molecule has 2 N–H and O–H groups in total. The lowest BCUT2D eigenvalue weighted by Crippen LogP contribution is -2.48. The van der Waals surface area contributed by atoms with Crippen LogP contribution in [0.4, 0.5) is 4.79 Å². The van der Waals surface area contributed by atoms with E-state index in [4.69, 9.17) is 0 Å². The molecule has 0 aliphatic carbocycles. The number of aliphatic hydroxyl groups excluding tert-OH is 1. The minimum absolute atomic E-state index is 0.0464. The van der Waals surface area contributed by atoms with Crippen molar-refractivity contribution in [3.63, 3.8) is 0 Å². The molecule has 1 rings (SSSR count). The average Bonchev–Trinajstić information content (AvgIpc) is 2.43. The second kappa shape index (κ2) is 8.13. The van der Waals surface area contributed by atoms with Gasteiger partial charge in [-0.15, -0.1) is 0 Å². The van der Waals surface area contributed by atoms with Crippen molar-refractivity contribution >= 4 is 17.8 Å². The predicted molar refractivity (Wildman–Crippen MR) is 86.2 cm³/mol. The Morgan fingerprint density at radius 3 is 2.80 bits per heavy atom. The smallest absolute Gasteiger partial charge is 0.317 e. The third kappa shape index (κ3) is 5.92. The second-order valence-electron chi connectivity index (χ2n) is 6.76. The van der Waals surface area contributed by atoms with E-state index in [9.17, 15) is 9.90 Å². The van der Waals surface area contributed by atoms with Crippen molar-refractivity contribution in [2.75, 3.05) is 32.0 Å². The topological polar surface area (TPSA) is 52.6 Å². The van der Waals surface area contributed by atoms with E-state index in [1.54, 1.807) is 0 Å². The first-order chi connectivity index (χ1) is 9.35. The van der Waals surface area contributed by atoms with Gasteiger partial charge in [0, 0.05) is 37.2 Å². The molecule has 1 fully saturated rings. The van der Waals surface area contributed by atoms with Crippen LogP contribution in [0.2, 0.25) is 0 Å². The molecule has 1 saturated heterocycles. The number of hydrogen-bond acceptors (Lipinski definition) is 3. The molecule has 0 radical (unpaired) electrons. The first-order valence-electron chi connectivity index (χ1n) is 7.61. The molecule has 0 bridgehead atoms. The van der Waals surface area contributed by atoms with Gasteiger partial charge in [-0.2, -0.15) is 11.8 Å². The van der Waals surface area contributed by atoms with Gasteiger partial charge >= 0.3 is 6.03 Å². The lowest BCUT2D eigenvalue weighted by Gasteiger charge is -2.34. The lowest BCUT2D eigenvalue weighted by atomic mass is 9.89. The zero-order valence-electron chi connectivity index (χ0n) is 13.3. The van der Waals surface area contributed by atoms with Gasteiger partial charge in [0.25, 0.3) is 0 Å². The zero-order chi connectivity index (χ0) is 15.2. The monoisotopic (exact) mass is 302 g/mol. The van der Waals surface area contributed by atoms with E-state index >= 15 is 0 Å². The van der Waals surface area contributed by atoms with Crippen molar-refractivity contribution in [1.29, 1.82) is 0 Å². The van der Waals surface area contributed by atoms with Gasteiger partial charge in [0.15, 0.2) is 0 Å². The SMILES string of the molecule is CC(C)[C@H]1CN(C(=O)NCCCC(C)(C)CO)CCS1. The number of hydrogen-bond donors (Lipinski definition) is 2. The third-order valence-corrected chi connectivity index (χ3v) is 5.40. The number of thioether (sulfide) groups is 1. The predicted octanol–water partition coefficient (Wildman–Crippen LogP) is 2.57. The molecule has 2 amide bonds. The van der Waals surface area contributed by atoms with Crippen LogP contribution in [0.5, 0.6) is 0 Å². The summed E-state index contributed by atoms with van der Waals surface area (Å²) in [4.78, 5) is 14.1. The summed E-state index contributed by atoms with van der Waals surface area (Å²) in [6.07, 6.45) is 1.84. The number of carbonyl (C=O) groups is 1. The largest absolute Gasteiger partial charge is 0.396 e. The van der Waals surface area contributed by atoms with Gasteiger partial charge in [0.05, 0.1) is 0 Å². The summed E-state index contributed by atoms with van der Waals surface area (Å²) in [5.41, 5.74) is -0.0464. The molecule has 0 spiro atoms. The zero-order valence-corrected chi connectivity index (χ0v) is 14.1. The molecule has 0 aromatic carbocycles. The van der Waals surface area contributed by atoms with Gasteiger partial charge in [-0.05, 0) is 24.2 Å². The summed E-state index contributed by atoms with van der Waals surface area (Å²) >= 11 is 1.98. The number of rotatable bonds is 6. The standard InChI is InChI=1S/C15H30N2O2S/c1-12(2)13-10-17(8-9-20-13)14(19)16-7-5-6-15(3,4)11-18/h12-13,18H,5-11H2,1-4H3,(H,16,19)/t13-/m1/s1. The molecular formula is C15H30N2O2S. The molecule has 0 aromatic heterocycles. The van der Waals surface area contributed by atoms with Gasteiger partial charge in [0.1, 0.15) is 0 Å². The second-order valence-corrected chi connectivity index (χ2v) is 8.10. The summed E-state index contributed by atoms with van der Waals surface area (Å²) in [7, 11) is 0. The highest BCUT2D eigenvalue weighted by Gasteiger charge is 2.25. The Morgan fingerprint density at radius 1 is 1.50 bits per heavy atom. The molecule has 20 heavy (non-hydrogen) atoms. The van der Waals surface area contributed by atoms with E-state index in [-0.39, 0.29) is 18.1 Å². The van der Waals surface area contributed by atoms with Crippen molar-refractivity contribution in [2.24, 2.45) is 11.3 Å². The minimum atomic E-state index is -0.0464. The first kappa shape index (κ1) is 17.6. The quantitative estimate of drug-likeness (QED) is 0.742. The van der Waals surface area contributed by atoms with Crippen LogP contribution in [0.3, 0.4) is 0 Å². The Kier molecular flexibility index (Phi) is 7.17. The number of urea groups is 1. The maximum absolute atomic E-state index is 12.1. The van der Waals surface area contributed by atoms with Crippen LogP contribution in [-0.4, -0.2) is 53.3 Å². The van der Waals surface area contributed by atoms with Crippen LogP contribution in [0.1, 0.15) is 40.5 Å². The molecule has 0 aromatic rings. The van der Waals surface area contributed by atoms with E-state index in [1.165, 1.54) is 0 Å². The Morgan fingerprint density at radius 2 is 2.20 bits per heavy atom. The molecule has 1 aliphatic heterocycles. The van der Waals surface area contributed by atoms with Crippen molar-refractivity contribution in [1.82, 2.24) is 10.2 Å². The number of nitrogens with one attached hydrogen (secondary N) is 1. The Hall–Kier alpha value is -0.420. The van der Waals surface area contributed by atoms with Crippen molar-refractivity contribution < 1.29 is 9.90 Å². The fourth-order valence-electron chi connectivity index (χ4n) is 2.22. The maximum atomic E-state index is 12.1. The van der Waals surface area contributed by atoms with Crippen molar-refractivity contribution in [3.8, 4) is 0 Å². The summed E-state index contributed by atoms with van der Waals surface area (Å²) in [6, 6.07) is 0.0674. The first-order valence-corrected chi connectivity index (χ1v) is 8.66. The maximum Gasteiger partial charge on any atom is 0.317 e. The molecule has 1 atom stereocenters. The van der Waals surface area contributed by atoms with Crippen LogP contribution in [0, 0.1) is 11.3 Å². The Labute approximate surface area is 127 Å². The van der Waals surface area contributed by atoms with E-state index in [1.807, 2.05) is 30.5 Å². The van der Waals surface area contributed by atoms with E-state index in [0.29, 0.717) is 17.7 Å². The Balaban J connectivity index is 2.25. The summed E-state index contributed by atoms with van der Waals surface area (Å²) in [6.45, 7) is 11.1.